The molecule has 1 nitrogen and oxygen atoms in total. The van der Waals surface area contributed by atoms with E-state index < -0.39 is 0 Å². The Morgan fingerprint density at radius 3 is 2.78 bits per heavy atom. The van der Waals surface area contributed by atoms with Crippen LogP contribution in [0.4, 0.5) is 0 Å². The Bertz CT molecular complexity index is 158. The van der Waals surface area contributed by atoms with E-state index in [1.807, 2.05) is 18.2 Å². The molecule has 0 fully saturated rings. The monoisotopic (exact) mass is 119 g/mol. The van der Waals surface area contributed by atoms with E-state index in [-0.39, 0.29) is 0 Å². The molecule has 0 saturated heterocycles. The fourth-order valence-electron chi connectivity index (χ4n) is 0.374. The SMILES string of the molecule is C=CC=CCC=CC#N. The van der Waals surface area contributed by atoms with E-state index in [4.69, 9.17) is 5.26 Å². The molecule has 0 amide bonds. The largest absolute Gasteiger partial charge is 0.193 e. The molecule has 0 aliphatic rings. The molecule has 0 spiro atoms. The minimum Gasteiger partial charge on any atom is -0.193 e. The van der Waals surface area contributed by atoms with Crippen LogP contribution in [0.15, 0.2) is 37.0 Å². The van der Waals surface area contributed by atoms with Crippen LogP contribution < -0.4 is 0 Å². The lowest BCUT2D eigenvalue weighted by Gasteiger charge is -1.73. The number of hydrogen-bond donors (Lipinski definition) is 0. The number of nitrogens with zero attached hydrogens (tertiary/aromatic N) is 1. The summed E-state index contributed by atoms with van der Waals surface area (Å²) in [7, 11) is 0. The zero-order valence-corrected chi connectivity index (χ0v) is 5.25. The maximum atomic E-state index is 8.04. The van der Waals surface area contributed by atoms with Crippen molar-refractivity contribution in [2.45, 2.75) is 6.42 Å². The Morgan fingerprint density at radius 2 is 2.22 bits per heavy atom. The molecule has 0 radical (unpaired) electrons. The van der Waals surface area contributed by atoms with Crippen LogP contribution in [0, 0.1) is 11.3 Å². The summed E-state index contributed by atoms with van der Waals surface area (Å²) in [6, 6.07) is 1.90. The Balaban J connectivity index is 3.31. The molecule has 1 heteroatoms. The average Bonchev–Trinajstić information content (AvgIpc) is 1.89. The third-order valence-corrected chi connectivity index (χ3v) is 0.737. The quantitative estimate of drug-likeness (QED) is 0.412. The molecule has 0 aromatic heterocycles. The van der Waals surface area contributed by atoms with Crippen LogP contribution in [0.25, 0.3) is 0 Å². The molecule has 0 aromatic carbocycles. The molecule has 0 N–H and O–H groups in total. The van der Waals surface area contributed by atoms with Gasteiger partial charge in [-0.1, -0.05) is 30.9 Å². The lowest BCUT2D eigenvalue weighted by molar-refractivity contribution is 1.39. The lowest BCUT2D eigenvalue weighted by Crippen LogP contribution is -1.54. The minimum atomic E-state index is 0.805. The van der Waals surface area contributed by atoms with Crippen molar-refractivity contribution in [2.24, 2.45) is 0 Å². The van der Waals surface area contributed by atoms with Crippen LogP contribution in [-0.4, -0.2) is 0 Å². The van der Waals surface area contributed by atoms with Gasteiger partial charge in [-0.15, -0.1) is 0 Å². The van der Waals surface area contributed by atoms with Crippen LogP contribution in [0.3, 0.4) is 0 Å². The molecule has 0 aliphatic carbocycles. The van der Waals surface area contributed by atoms with Crippen LogP contribution in [-0.2, 0) is 0 Å². The molecule has 0 unspecified atom stereocenters. The van der Waals surface area contributed by atoms with Crippen molar-refractivity contribution < 1.29 is 0 Å². The molecule has 0 atom stereocenters. The smallest absolute Gasteiger partial charge is 0.0908 e. The summed E-state index contributed by atoms with van der Waals surface area (Å²) in [5.74, 6) is 0. The van der Waals surface area contributed by atoms with Gasteiger partial charge in [-0.05, 0) is 6.42 Å². The average molecular weight is 119 g/mol. The van der Waals surface area contributed by atoms with Gasteiger partial charge >= 0.3 is 0 Å². The van der Waals surface area contributed by atoms with Crippen molar-refractivity contribution >= 4 is 0 Å². The topological polar surface area (TPSA) is 23.8 Å². The van der Waals surface area contributed by atoms with Crippen LogP contribution in [0.5, 0.6) is 0 Å². The summed E-state index contributed by atoms with van der Waals surface area (Å²) in [5, 5.41) is 8.04. The maximum Gasteiger partial charge on any atom is 0.0908 e. The third kappa shape index (κ3) is 6.71. The number of allylic oxidation sites excluding steroid dienone is 5. The van der Waals surface area contributed by atoms with E-state index >= 15 is 0 Å². The summed E-state index contributed by atoms with van der Waals surface area (Å²) in [6.07, 6.45) is 9.55. The van der Waals surface area contributed by atoms with Gasteiger partial charge in [0.05, 0.1) is 6.07 Å². The molecule has 0 heterocycles. The second kappa shape index (κ2) is 6.71. The van der Waals surface area contributed by atoms with Crippen LogP contribution in [0.2, 0.25) is 0 Å². The summed E-state index contributed by atoms with van der Waals surface area (Å²) >= 11 is 0. The highest BCUT2D eigenvalue weighted by atomic mass is 14.2. The molecule has 0 rings (SSSR count). The van der Waals surface area contributed by atoms with E-state index in [9.17, 15) is 0 Å². The fourth-order valence-corrected chi connectivity index (χ4v) is 0.374. The molecule has 46 valence electrons. The first kappa shape index (κ1) is 7.71. The summed E-state index contributed by atoms with van der Waals surface area (Å²) in [5.41, 5.74) is 0. The van der Waals surface area contributed by atoms with E-state index in [1.54, 1.807) is 12.2 Å². The predicted molar refractivity (Wildman–Crippen MR) is 38.7 cm³/mol. The van der Waals surface area contributed by atoms with Gasteiger partial charge in [0.2, 0.25) is 0 Å². The van der Waals surface area contributed by atoms with Gasteiger partial charge in [0, 0.05) is 6.08 Å². The predicted octanol–water partition coefficient (Wildman–Crippen LogP) is 2.20. The highest BCUT2D eigenvalue weighted by Gasteiger charge is 1.65. The zero-order chi connectivity index (χ0) is 6.95. The Morgan fingerprint density at radius 1 is 1.44 bits per heavy atom. The van der Waals surface area contributed by atoms with Crippen LogP contribution >= 0.6 is 0 Å². The molecular formula is C8H9N. The summed E-state index contributed by atoms with van der Waals surface area (Å²) in [4.78, 5) is 0. The van der Waals surface area contributed by atoms with Crippen molar-refractivity contribution in [3.05, 3.63) is 37.0 Å². The van der Waals surface area contributed by atoms with Crippen LogP contribution in [0.1, 0.15) is 6.42 Å². The van der Waals surface area contributed by atoms with E-state index in [0.29, 0.717) is 0 Å². The van der Waals surface area contributed by atoms with E-state index in [1.165, 1.54) is 6.08 Å². The summed E-state index contributed by atoms with van der Waals surface area (Å²) in [6.45, 7) is 3.50. The van der Waals surface area contributed by atoms with Crippen molar-refractivity contribution in [1.29, 1.82) is 5.26 Å². The highest BCUT2D eigenvalue weighted by molar-refractivity contribution is 5.06. The Hall–Kier alpha value is -1.29. The summed E-state index contributed by atoms with van der Waals surface area (Å²) < 4.78 is 0. The third-order valence-electron chi connectivity index (χ3n) is 0.737. The van der Waals surface area contributed by atoms with Gasteiger partial charge in [0.1, 0.15) is 0 Å². The maximum absolute atomic E-state index is 8.04. The van der Waals surface area contributed by atoms with Gasteiger partial charge < -0.3 is 0 Å². The first-order valence-electron chi connectivity index (χ1n) is 2.74. The molecule has 9 heavy (non-hydrogen) atoms. The second-order valence-electron chi connectivity index (χ2n) is 1.43. The standard InChI is InChI=1S/C8H9N/c1-2-3-4-5-6-7-8-9/h2-4,6-7H,1,5H2. The normalized spacial score (nSPS) is 10.1. The second-order valence-corrected chi connectivity index (χ2v) is 1.43. The van der Waals surface area contributed by atoms with Crippen molar-refractivity contribution in [3.8, 4) is 6.07 Å². The molecule has 0 saturated carbocycles. The number of rotatable bonds is 3. The Labute approximate surface area is 55.6 Å². The fraction of sp³-hybridized carbons (Fsp3) is 0.125. The van der Waals surface area contributed by atoms with Crippen molar-refractivity contribution in [3.63, 3.8) is 0 Å². The molecule has 0 aromatic rings. The van der Waals surface area contributed by atoms with Crippen molar-refractivity contribution in [1.82, 2.24) is 0 Å². The lowest BCUT2D eigenvalue weighted by atomic mass is 10.3. The highest BCUT2D eigenvalue weighted by Crippen LogP contribution is 1.84. The zero-order valence-electron chi connectivity index (χ0n) is 5.25. The van der Waals surface area contributed by atoms with Crippen molar-refractivity contribution in [2.75, 3.05) is 0 Å². The molecular weight excluding hydrogens is 110 g/mol. The molecule has 0 bridgehead atoms. The molecule has 0 aliphatic heterocycles. The van der Waals surface area contributed by atoms with Gasteiger partial charge in [-0.3, -0.25) is 0 Å². The van der Waals surface area contributed by atoms with E-state index in [0.717, 1.165) is 6.42 Å². The van der Waals surface area contributed by atoms with Gasteiger partial charge in [-0.2, -0.15) is 5.26 Å². The first-order valence-corrected chi connectivity index (χ1v) is 2.74. The van der Waals surface area contributed by atoms with Gasteiger partial charge in [0.15, 0.2) is 0 Å². The Kier molecular flexibility index (Phi) is 5.75. The first-order chi connectivity index (χ1) is 4.41. The van der Waals surface area contributed by atoms with Gasteiger partial charge in [-0.25, -0.2) is 0 Å². The van der Waals surface area contributed by atoms with E-state index in [2.05, 4.69) is 6.58 Å². The number of nitriles is 1. The van der Waals surface area contributed by atoms with Gasteiger partial charge in [0.25, 0.3) is 0 Å². The minimum absolute atomic E-state index is 0.805. The number of hydrogen-bond acceptors (Lipinski definition) is 1.